The van der Waals surface area contributed by atoms with Gasteiger partial charge in [-0.15, -0.1) is 0 Å². The number of rotatable bonds is 7. The molecule has 0 saturated carbocycles. The van der Waals surface area contributed by atoms with Gasteiger partial charge in [0.1, 0.15) is 5.75 Å². The maximum Gasteiger partial charge on any atom is 0.416 e. The van der Waals surface area contributed by atoms with Gasteiger partial charge in [-0.2, -0.15) is 18.3 Å². The summed E-state index contributed by atoms with van der Waals surface area (Å²) in [7, 11) is 1.43. The fraction of sp³-hybridized carbons (Fsp3) is 0.115. The first-order chi connectivity index (χ1) is 17.2. The highest BCUT2D eigenvalue weighted by Crippen LogP contribution is 2.34. The number of amides is 1. The van der Waals surface area contributed by atoms with Gasteiger partial charge in [0.2, 0.25) is 0 Å². The van der Waals surface area contributed by atoms with E-state index in [1.165, 1.54) is 25.4 Å². The maximum absolute atomic E-state index is 13.1. The molecule has 0 aliphatic rings. The molecule has 0 aliphatic heterocycles. The summed E-state index contributed by atoms with van der Waals surface area (Å²) in [5.74, 6) is -0.501. The van der Waals surface area contributed by atoms with Gasteiger partial charge >= 0.3 is 6.18 Å². The summed E-state index contributed by atoms with van der Waals surface area (Å²) in [6, 6.07) is 20.2. The van der Waals surface area contributed by atoms with Crippen LogP contribution in [0, 0.1) is 0 Å². The van der Waals surface area contributed by atoms with Crippen molar-refractivity contribution in [2.24, 2.45) is 7.05 Å². The third kappa shape index (κ3) is 5.90. The molecule has 7 nitrogen and oxygen atoms in total. The van der Waals surface area contributed by atoms with Crippen molar-refractivity contribution in [2.75, 3.05) is 5.32 Å². The maximum atomic E-state index is 13.1. The van der Waals surface area contributed by atoms with Crippen molar-refractivity contribution in [1.29, 1.82) is 0 Å². The molecule has 4 aromatic rings. The summed E-state index contributed by atoms with van der Waals surface area (Å²) in [4.78, 5) is 25.4. The number of alkyl halides is 3. The largest absolute Gasteiger partial charge is 0.453 e. The van der Waals surface area contributed by atoms with E-state index < -0.39 is 17.3 Å². The number of nitrogens with one attached hydrogen (secondary N) is 2. The quantitative estimate of drug-likeness (QED) is 0.366. The lowest BCUT2D eigenvalue weighted by Crippen LogP contribution is -2.23. The molecule has 0 radical (unpaired) electrons. The van der Waals surface area contributed by atoms with E-state index in [1.54, 1.807) is 24.3 Å². The molecule has 0 unspecified atom stereocenters. The van der Waals surface area contributed by atoms with Crippen molar-refractivity contribution in [3.8, 4) is 11.5 Å². The minimum Gasteiger partial charge on any atom is -0.453 e. The van der Waals surface area contributed by atoms with E-state index in [0.717, 1.165) is 22.4 Å². The molecule has 0 bridgehead atoms. The van der Waals surface area contributed by atoms with Crippen LogP contribution in [0.4, 0.5) is 24.5 Å². The first-order valence-electron chi connectivity index (χ1n) is 10.8. The topological polar surface area (TPSA) is 85.2 Å². The van der Waals surface area contributed by atoms with Crippen LogP contribution in [0.2, 0.25) is 0 Å². The number of aryl methyl sites for hydroxylation is 1. The summed E-state index contributed by atoms with van der Waals surface area (Å²) >= 11 is 0. The van der Waals surface area contributed by atoms with Gasteiger partial charge in [-0.3, -0.25) is 9.59 Å². The molecule has 0 atom stereocenters. The third-order valence-electron chi connectivity index (χ3n) is 5.18. The van der Waals surface area contributed by atoms with Crippen molar-refractivity contribution in [1.82, 2.24) is 15.1 Å². The molecule has 1 amide bonds. The zero-order valence-corrected chi connectivity index (χ0v) is 19.0. The zero-order valence-electron chi connectivity index (χ0n) is 19.0. The fourth-order valence-electron chi connectivity index (χ4n) is 3.34. The average Bonchev–Trinajstić information content (AvgIpc) is 2.87. The van der Waals surface area contributed by atoms with Gasteiger partial charge in [-0.05, 0) is 42.0 Å². The number of carbonyl (C=O) groups is 1. The number of benzene rings is 3. The predicted molar refractivity (Wildman–Crippen MR) is 128 cm³/mol. The molecule has 1 aromatic heterocycles. The van der Waals surface area contributed by atoms with Crippen LogP contribution in [0.1, 0.15) is 21.5 Å². The summed E-state index contributed by atoms with van der Waals surface area (Å²) in [5.41, 5.74) is 0.184. The number of hydrogen-bond acceptors (Lipinski definition) is 5. The van der Waals surface area contributed by atoms with E-state index in [9.17, 15) is 22.8 Å². The van der Waals surface area contributed by atoms with Crippen LogP contribution >= 0.6 is 0 Å². The number of anilines is 2. The Hall–Kier alpha value is -4.60. The summed E-state index contributed by atoms with van der Waals surface area (Å²) in [5, 5.41) is 9.64. The van der Waals surface area contributed by atoms with Crippen molar-refractivity contribution < 1.29 is 22.7 Å². The van der Waals surface area contributed by atoms with Gasteiger partial charge in [0.25, 0.3) is 11.5 Å². The van der Waals surface area contributed by atoms with Gasteiger partial charge in [-0.1, -0.05) is 42.5 Å². The number of halogens is 3. The van der Waals surface area contributed by atoms with E-state index in [-0.39, 0.29) is 23.1 Å². The second-order valence-corrected chi connectivity index (χ2v) is 7.81. The van der Waals surface area contributed by atoms with Crippen LogP contribution in [0.15, 0.2) is 89.9 Å². The van der Waals surface area contributed by atoms with Gasteiger partial charge < -0.3 is 15.4 Å². The molecule has 0 aliphatic carbocycles. The molecule has 36 heavy (non-hydrogen) atoms. The van der Waals surface area contributed by atoms with Crippen LogP contribution in [-0.4, -0.2) is 15.7 Å². The van der Waals surface area contributed by atoms with Crippen molar-refractivity contribution >= 4 is 17.3 Å². The van der Waals surface area contributed by atoms with E-state index in [1.807, 2.05) is 30.3 Å². The van der Waals surface area contributed by atoms with E-state index in [0.29, 0.717) is 17.8 Å². The Morgan fingerprint density at radius 2 is 1.75 bits per heavy atom. The molecule has 4 rings (SSSR count). The number of aromatic nitrogens is 2. The summed E-state index contributed by atoms with van der Waals surface area (Å²) in [6.45, 7) is 0.344. The molecule has 2 N–H and O–H groups in total. The standard InChI is InChI=1S/C26H21F3N4O3/c1-33-25(35)23(22(16-31-33)36-21-12-6-10-19(14-21)26(27,28)29)32-20-11-5-9-18(13-20)24(34)30-15-17-7-3-2-4-8-17/h2-14,16,32H,15H2,1H3,(H,30,34). The summed E-state index contributed by atoms with van der Waals surface area (Å²) < 4.78 is 45.9. The van der Waals surface area contributed by atoms with E-state index in [2.05, 4.69) is 15.7 Å². The highest BCUT2D eigenvalue weighted by Gasteiger charge is 2.30. The third-order valence-corrected chi connectivity index (χ3v) is 5.18. The van der Waals surface area contributed by atoms with Gasteiger partial charge in [0.05, 0.1) is 11.8 Å². The first kappa shape index (κ1) is 24.5. The molecular formula is C26H21F3N4O3. The number of ether oxygens (including phenoxy) is 1. The van der Waals surface area contributed by atoms with Gasteiger partial charge in [0.15, 0.2) is 11.4 Å². The summed E-state index contributed by atoms with van der Waals surface area (Å²) in [6.07, 6.45) is -3.33. The normalized spacial score (nSPS) is 11.1. The van der Waals surface area contributed by atoms with Crippen molar-refractivity contribution in [3.63, 3.8) is 0 Å². The van der Waals surface area contributed by atoms with Crippen LogP contribution in [0.25, 0.3) is 0 Å². The Morgan fingerprint density at radius 1 is 1.00 bits per heavy atom. The molecule has 0 saturated heterocycles. The molecule has 0 spiro atoms. The Bertz CT molecular complexity index is 1440. The molecular weight excluding hydrogens is 473 g/mol. The van der Waals surface area contributed by atoms with Crippen molar-refractivity contribution in [2.45, 2.75) is 12.7 Å². The molecule has 3 aromatic carbocycles. The monoisotopic (exact) mass is 494 g/mol. The van der Waals surface area contributed by atoms with Gasteiger partial charge in [-0.25, -0.2) is 4.68 Å². The minimum atomic E-state index is -4.55. The lowest BCUT2D eigenvalue weighted by atomic mass is 10.1. The van der Waals surface area contributed by atoms with Crippen LogP contribution in [-0.2, 0) is 19.8 Å². The second-order valence-electron chi connectivity index (χ2n) is 7.81. The van der Waals surface area contributed by atoms with Crippen LogP contribution < -0.4 is 20.9 Å². The number of hydrogen-bond donors (Lipinski definition) is 2. The average molecular weight is 494 g/mol. The first-order valence-corrected chi connectivity index (χ1v) is 10.8. The Morgan fingerprint density at radius 3 is 2.50 bits per heavy atom. The Kier molecular flexibility index (Phi) is 7.05. The van der Waals surface area contributed by atoms with Crippen LogP contribution in [0.5, 0.6) is 11.5 Å². The van der Waals surface area contributed by atoms with Gasteiger partial charge in [0, 0.05) is 24.8 Å². The number of nitrogens with zero attached hydrogens (tertiary/aromatic N) is 2. The van der Waals surface area contributed by atoms with Crippen LogP contribution in [0.3, 0.4) is 0 Å². The lowest BCUT2D eigenvalue weighted by Gasteiger charge is -2.15. The SMILES string of the molecule is Cn1ncc(Oc2cccc(C(F)(F)F)c2)c(Nc2cccc(C(=O)NCc3ccccc3)c2)c1=O. The molecule has 1 heterocycles. The van der Waals surface area contributed by atoms with E-state index in [4.69, 9.17) is 4.74 Å². The molecule has 10 heteroatoms. The zero-order chi connectivity index (χ0) is 25.7. The second kappa shape index (κ2) is 10.3. The molecule has 184 valence electrons. The number of carbonyl (C=O) groups excluding carboxylic acids is 1. The highest BCUT2D eigenvalue weighted by molar-refractivity contribution is 5.95. The Labute approximate surface area is 204 Å². The van der Waals surface area contributed by atoms with E-state index >= 15 is 0 Å². The molecule has 0 fully saturated rings. The smallest absolute Gasteiger partial charge is 0.416 e. The predicted octanol–water partition coefficient (Wildman–Crippen LogP) is 5.27. The Balaban J connectivity index is 1.57. The lowest BCUT2D eigenvalue weighted by molar-refractivity contribution is -0.137. The highest BCUT2D eigenvalue weighted by atomic mass is 19.4. The fourth-order valence-corrected chi connectivity index (χ4v) is 3.34. The minimum absolute atomic E-state index is 0.0493. The van der Waals surface area contributed by atoms with Crippen molar-refractivity contribution in [3.05, 3.63) is 112 Å².